The third-order valence-corrected chi connectivity index (χ3v) is 3.45. The standard InChI is InChI=1S/C14H18N4O/c1-2-4-11(5-3-1)14-13(16-18-17-14)10-15-12-6-8-19-9-7-12/h1-5,12,15H,6-10H2,(H,16,17,18). The van der Waals surface area contributed by atoms with Gasteiger partial charge in [0.2, 0.25) is 0 Å². The smallest absolute Gasteiger partial charge is 0.117 e. The maximum absolute atomic E-state index is 5.36. The molecule has 0 radical (unpaired) electrons. The van der Waals surface area contributed by atoms with Crippen LogP contribution in [0.25, 0.3) is 11.3 Å². The van der Waals surface area contributed by atoms with E-state index < -0.39 is 0 Å². The number of nitrogens with one attached hydrogen (secondary N) is 2. The molecule has 5 nitrogen and oxygen atoms in total. The number of hydrogen-bond donors (Lipinski definition) is 2. The summed E-state index contributed by atoms with van der Waals surface area (Å²) in [4.78, 5) is 0. The van der Waals surface area contributed by atoms with E-state index in [1.807, 2.05) is 18.2 Å². The molecule has 2 heterocycles. The SMILES string of the molecule is c1ccc(-c2n[nH]nc2CNC2CCOCC2)cc1. The van der Waals surface area contributed by atoms with E-state index in [1.54, 1.807) is 0 Å². The van der Waals surface area contributed by atoms with Gasteiger partial charge >= 0.3 is 0 Å². The summed E-state index contributed by atoms with van der Waals surface area (Å²) in [6.45, 7) is 2.44. The number of rotatable bonds is 4. The molecule has 1 aliphatic rings. The van der Waals surface area contributed by atoms with Crippen molar-refractivity contribution in [3.63, 3.8) is 0 Å². The molecule has 1 saturated heterocycles. The van der Waals surface area contributed by atoms with E-state index in [0.717, 1.165) is 49.6 Å². The van der Waals surface area contributed by atoms with Crippen LogP contribution in [-0.2, 0) is 11.3 Å². The molecule has 0 amide bonds. The molecule has 1 aromatic carbocycles. The molecule has 1 fully saturated rings. The highest BCUT2D eigenvalue weighted by atomic mass is 16.5. The Bertz CT molecular complexity index is 505. The van der Waals surface area contributed by atoms with E-state index >= 15 is 0 Å². The number of H-pyrrole nitrogens is 1. The van der Waals surface area contributed by atoms with Gasteiger partial charge in [-0.1, -0.05) is 30.3 Å². The van der Waals surface area contributed by atoms with Crippen molar-refractivity contribution in [3.8, 4) is 11.3 Å². The van der Waals surface area contributed by atoms with Gasteiger partial charge in [0.1, 0.15) is 11.4 Å². The fraction of sp³-hybridized carbons (Fsp3) is 0.429. The minimum absolute atomic E-state index is 0.522. The number of ether oxygens (including phenoxy) is 1. The highest BCUT2D eigenvalue weighted by Gasteiger charge is 2.15. The number of hydrogen-bond acceptors (Lipinski definition) is 4. The molecule has 100 valence electrons. The van der Waals surface area contributed by atoms with Crippen molar-refractivity contribution in [1.82, 2.24) is 20.7 Å². The first-order valence-electron chi connectivity index (χ1n) is 6.69. The molecule has 1 aliphatic heterocycles. The summed E-state index contributed by atoms with van der Waals surface area (Å²) in [5.74, 6) is 0. The average molecular weight is 258 g/mol. The summed E-state index contributed by atoms with van der Waals surface area (Å²) in [5, 5.41) is 14.7. The van der Waals surface area contributed by atoms with E-state index in [1.165, 1.54) is 0 Å². The number of aromatic nitrogens is 3. The second kappa shape index (κ2) is 5.95. The van der Waals surface area contributed by atoms with Crippen molar-refractivity contribution in [3.05, 3.63) is 36.0 Å². The normalized spacial score (nSPS) is 16.6. The lowest BCUT2D eigenvalue weighted by Crippen LogP contribution is -2.34. The Morgan fingerprint density at radius 1 is 1.16 bits per heavy atom. The molecule has 0 atom stereocenters. The average Bonchev–Trinajstić information content (AvgIpc) is 2.95. The van der Waals surface area contributed by atoms with Gasteiger partial charge in [-0.2, -0.15) is 15.4 Å². The Balaban J connectivity index is 1.67. The van der Waals surface area contributed by atoms with Gasteiger partial charge in [0.25, 0.3) is 0 Å². The fourth-order valence-electron chi connectivity index (χ4n) is 2.35. The first kappa shape index (κ1) is 12.3. The van der Waals surface area contributed by atoms with Crippen LogP contribution >= 0.6 is 0 Å². The Labute approximate surface area is 112 Å². The van der Waals surface area contributed by atoms with Crippen molar-refractivity contribution in [2.24, 2.45) is 0 Å². The van der Waals surface area contributed by atoms with Gasteiger partial charge in [-0.15, -0.1) is 0 Å². The third-order valence-electron chi connectivity index (χ3n) is 3.45. The van der Waals surface area contributed by atoms with Crippen molar-refractivity contribution in [2.75, 3.05) is 13.2 Å². The van der Waals surface area contributed by atoms with Gasteiger partial charge in [0, 0.05) is 31.4 Å². The molecule has 0 aliphatic carbocycles. The van der Waals surface area contributed by atoms with Gasteiger partial charge in [0.05, 0.1) is 0 Å². The van der Waals surface area contributed by atoms with Gasteiger partial charge in [0.15, 0.2) is 0 Å². The Morgan fingerprint density at radius 3 is 2.74 bits per heavy atom. The lowest BCUT2D eigenvalue weighted by molar-refractivity contribution is 0.0775. The first-order valence-corrected chi connectivity index (χ1v) is 6.69. The summed E-state index contributed by atoms with van der Waals surface area (Å²) < 4.78 is 5.36. The van der Waals surface area contributed by atoms with Gasteiger partial charge in [-0.05, 0) is 12.8 Å². The molecule has 0 bridgehead atoms. The van der Waals surface area contributed by atoms with Crippen LogP contribution in [0, 0.1) is 0 Å². The maximum Gasteiger partial charge on any atom is 0.117 e. The predicted molar refractivity (Wildman–Crippen MR) is 72.5 cm³/mol. The summed E-state index contributed by atoms with van der Waals surface area (Å²) in [6, 6.07) is 10.7. The Morgan fingerprint density at radius 2 is 1.95 bits per heavy atom. The summed E-state index contributed by atoms with van der Waals surface area (Å²) >= 11 is 0. The molecule has 19 heavy (non-hydrogen) atoms. The molecule has 2 aromatic rings. The molecule has 3 rings (SSSR count). The van der Waals surface area contributed by atoms with E-state index in [2.05, 4.69) is 32.9 Å². The quantitative estimate of drug-likeness (QED) is 0.877. The zero-order chi connectivity index (χ0) is 12.9. The van der Waals surface area contributed by atoms with E-state index in [4.69, 9.17) is 4.74 Å². The second-order valence-corrected chi connectivity index (χ2v) is 4.75. The monoisotopic (exact) mass is 258 g/mol. The van der Waals surface area contributed by atoms with Crippen LogP contribution in [0.5, 0.6) is 0 Å². The van der Waals surface area contributed by atoms with Crippen molar-refractivity contribution < 1.29 is 4.74 Å². The van der Waals surface area contributed by atoms with Crippen LogP contribution in [0.3, 0.4) is 0 Å². The lowest BCUT2D eigenvalue weighted by atomic mass is 10.1. The second-order valence-electron chi connectivity index (χ2n) is 4.75. The van der Waals surface area contributed by atoms with Gasteiger partial charge in [-0.25, -0.2) is 0 Å². The van der Waals surface area contributed by atoms with Crippen LogP contribution in [0.2, 0.25) is 0 Å². The maximum atomic E-state index is 5.36. The van der Waals surface area contributed by atoms with Gasteiger partial charge in [-0.3, -0.25) is 0 Å². The number of aromatic amines is 1. The molecule has 2 N–H and O–H groups in total. The number of benzene rings is 1. The zero-order valence-corrected chi connectivity index (χ0v) is 10.8. The minimum atomic E-state index is 0.522. The Kier molecular flexibility index (Phi) is 3.86. The zero-order valence-electron chi connectivity index (χ0n) is 10.8. The fourth-order valence-corrected chi connectivity index (χ4v) is 2.35. The molecule has 1 aromatic heterocycles. The van der Waals surface area contributed by atoms with Crippen molar-refractivity contribution in [1.29, 1.82) is 0 Å². The topological polar surface area (TPSA) is 62.8 Å². The van der Waals surface area contributed by atoms with Crippen LogP contribution < -0.4 is 5.32 Å². The summed E-state index contributed by atoms with van der Waals surface area (Å²) in [5.41, 5.74) is 3.00. The lowest BCUT2D eigenvalue weighted by Gasteiger charge is -2.22. The third kappa shape index (κ3) is 3.00. The molecular weight excluding hydrogens is 240 g/mol. The molecule has 0 spiro atoms. The van der Waals surface area contributed by atoms with E-state index in [9.17, 15) is 0 Å². The highest BCUT2D eigenvalue weighted by molar-refractivity contribution is 5.60. The van der Waals surface area contributed by atoms with Crippen LogP contribution in [0.15, 0.2) is 30.3 Å². The Hall–Kier alpha value is -1.72. The summed E-state index contributed by atoms with van der Waals surface area (Å²) in [6.07, 6.45) is 2.14. The molecular formula is C14H18N4O. The van der Waals surface area contributed by atoms with E-state index in [-0.39, 0.29) is 0 Å². The van der Waals surface area contributed by atoms with Crippen molar-refractivity contribution in [2.45, 2.75) is 25.4 Å². The molecule has 0 saturated carbocycles. The van der Waals surface area contributed by atoms with E-state index in [0.29, 0.717) is 6.04 Å². The van der Waals surface area contributed by atoms with Crippen LogP contribution in [-0.4, -0.2) is 34.7 Å². The minimum Gasteiger partial charge on any atom is -0.381 e. The number of nitrogens with zero attached hydrogens (tertiary/aromatic N) is 2. The first-order chi connectivity index (χ1) is 9.43. The summed E-state index contributed by atoms with van der Waals surface area (Å²) in [7, 11) is 0. The van der Waals surface area contributed by atoms with Gasteiger partial charge < -0.3 is 10.1 Å². The van der Waals surface area contributed by atoms with Crippen LogP contribution in [0.1, 0.15) is 18.5 Å². The molecule has 5 heteroatoms. The highest BCUT2D eigenvalue weighted by Crippen LogP contribution is 2.19. The largest absolute Gasteiger partial charge is 0.381 e. The predicted octanol–water partition coefficient (Wildman–Crippen LogP) is 1.74. The van der Waals surface area contributed by atoms with Crippen molar-refractivity contribution >= 4 is 0 Å². The molecule has 0 unspecified atom stereocenters. The van der Waals surface area contributed by atoms with Crippen LogP contribution in [0.4, 0.5) is 0 Å².